The number of rotatable bonds is 1. The van der Waals surface area contributed by atoms with Gasteiger partial charge in [-0.3, -0.25) is 4.98 Å². The smallest absolute Gasteiger partial charge is 0.0788 e. The third-order valence-electron chi connectivity index (χ3n) is 2.42. The zero-order valence-electron chi connectivity index (χ0n) is 8.46. The molecule has 80 valence electrons. The van der Waals surface area contributed by atoms with E-state index in [-0.39, 0.29) is 12.4 Å². The molecule has 1 nitrogen and oxygen atoms in total. The van der Waals surface area contributed by atoms with Crippen LogP contribution >= 0.6 is 23.7 Å². The SMILES string of the molecule is Cl.c1csc(-c2cccc3cccnc23)c1. The zero-order valence-corrected chi connectivity index (χ0v) is 10.1. The number of benzene rings is 1. The van der Waals surface area contributed by atoms with Crippen LogP contribution in [0.4, 0.5) is 0 Å². The minimum absolute atomic E-state index is 0. The van der Waals surface area contributed by atoms with Crippen molar-refractivity contribution in [3.05, 3.63) is 54.0 Å². The Morgan fingerprint density at radius 3 is 2.62 bits per heavy atom. The van der Waals surface area contributed by atoms with Crippen LogP contribution in [0.2, 0.25) is 0 Å². The molecule has 3 heteroatoms. The lowest BCUT2D eigenvalue weighted by atomic mass is 10.1. The molecule has 0 bridgehead atoms. The Hall–Kier alpha value is -1.38. The number of fused-ring (bicyclic) bond motifs is 1. The molecule has 0 spiro atoms. The lowest BCUT2D eigenvalue weighted by Gasteiger charge is -2.02. The van der Waals surface area contributed by atoms with Crippen molar-refractivity contribution >= 4 is 34.6 Å². The van der Waals surface area contributed by atoms with E-state index >= 15 is 0 Å². The van der Waals surface area contributed by atoms with Gasteiger partial charge < -0.3 is 0 Å². The third kappa shape index (κ3) is 1.82. The highest BCUT2D eigenvalue weighted by Crippen LogP contribution is 2.29. The fourth-order valence-corrected chi connectivity index (χ4v) is 2.49. The lowest BCUT2D eigenvalue weighted by molar-refractivity contribution is 1.41. The average Bonchev–Trinajstić information content (AvgIpc) is 2.82. The lowest BCUT2D eigenvalue weighted by Crippen LogP contribution is -1.81. The molecular formula is C13H10ClNS. The van der Waals surface area contributed by atoms with E-state index in [1.54, 1.807) is 11.3 Å². The van der Waals surface area contributed by atoms with Crippen LogP contribution < -0.4 is 0 Å². The average molecular weight is 248 g/mol. The summed E-state index contributed by atoms with van der Waals surface area (Å²) in [6.07, 6.45) is 1.85. The zero-order chi connectivity index (χ0) is 10.1. The fourth-order valence-electron chi connectivity index (χ4n) is 1.73. The summed E-state index contributed by atoms with van der Waals surface area (Å²) >= 11 is 1.75. The van der Waals surface area contributed by atoms with Crippen molar-refractivity contribution in [3.8, 4) is 10.4 Å². The third-order valence-corrected chi connectivity index (χ3v) is 3.32. The van der Waals surface area contributed by atoms with Gasteiger partial charge in [-0.1, -0.05) is 30.3 Å². The molecule has 16 heavy (non-hydrogen) atoms. The number of aromatic nitrogens is 1. The molecular weight excluding hydrogens is 238 g/mol. The van der Waals surface area contributed by atoms with Gasteiger partial charge in [0.05, 0.1) is 5.52 Å². The highest BCUT2D eigenvalue weighted by molar-refractivity contribution is 7.13. The molecule has 0 atom stereocenters. The van der Waals surface area contributed by atoms with Gasteiger partial charge in [0, 0.05) is 22.0 Å². The molecule has 0 fully saturated rings. The topological polar surface area (TPSA) is 12.9 Å². The van der Waals surface area contributed by atoms with Crippen molar-refractivity contribution in [1.82, 2.24) is 4.98 Å². The van der Waals surface area contributed by atoms with Gasteiger partial charge in [0.25, 0.3) is 0 Å². The Balaban J connectivity index is 0.000000963. The first-order chi connectivity index (χ1) is 7.45. The number of pyridine rings is 1. The van der Waals surface area contributed by atoms with Crippen molar-refractivity contribution in [2.75, 3.05) is 0 Å². The second-order valence-corrected chi connectivity index (χ2v) is 4.31. The Morgan fingerprint density at radius 2 is 1.81 bits per heavy atom. The van der Waals surface area contributed by atoms with E-state index in [1.165, 1.54) is 15.8 Å². The highest BCUT2D eigenvalue weighted by atomic mass is 35.5. The molecule has 0 saturated carbocycles. The molecule has 2 heterocycles. The van der Waals surface area contributed by atoms with Crippen LogP contribution in [0.15, 0.2) is 54.0 Å². The van der Waals surface area contributed by atoms with E-state index in [4.69, 9.17) is 0 Å². The second kappa shape index (κ2) is 4.64. The maximum Gasteiger partial charge on any atom is 0.0788 e. The Kier molecular flexibility index (Phi) is 3.22. The van der Waals surface area contributed by atoms with Crippen molar-refractivity contribution in [2.45, 2.75) is 0 Å². The number of hydrogen-bond donors (Lipinski definition) is 0. The van der Waals surface area contributed by atoms with Crippen LogP contribution in [0, 0.1) is 0 Å². The van der Waals surface area contributed by atoms with Gasteiger partial charge in [0.15, 0.2) is 0 Å². The Morgan fingerprint density at radius 1 is 0.938 bits per heavy atom. The molecule has 0 aliphatic rings. The Labute approximate surface area is 104 Å². The monoisotopic (exact) mass is 247 g/mol. The van der Waals surface area contributed by atoms with Crippen LogP contribution in [0.5, 0.6) is 0 Å². The summed E-state index contributed by atoms with van der Waals surface area (Å²) in [7, 11) is 0. The molecule has 3 rings (SSSR count). The first-order valence-corrected chi connectivity index (χ1v) is 5.71. The standard InChI is InChI=1S/C13H9NS.ClH/c1-4-10-5-2-8-14-13(10)11(6-1)12-7-3-9-15-12;/h1-9H;1H. The minimum Gasteiger partial charge on any atom is -0.256 e. The quantitative estimate of drug-likeness (QED) is 0.622. The number of hydrogen-bond acceptors (Lipinski definition) is 2. The van der Waals surface area contributed by atoms with Gasteiger partial charge >= 0.3 is 0 Å². The first kappa shape index (κ1) is 11.1. The van der Waals surface area contributed by atoms with Crippen LogP contribution in [0.3, 0.4) is 0 Å². The molecule has 0 radical (unpaired) electrons. The van der Waals surface area contributed by atoms with E-state index < -0.39 is 0 Å². The van der Waals surface area contributed by atoms with E-state index in [2.05, 4.69) is 46.8 Å². The van der Waals surface area contributed by atoms with Crippen LogP contribution in [-0.4, -0.2) is 4.98 Å². The van der Waals surface area contributed by atoms with E-state index in [0.717, 1.165) is 5.52 Å². The van der Waals surface area contributed by atoms with Gasteiger partial charge in [0.2, 0.25) is 0 Å². The molecule has 0 amide bonds. The van der Waals surface area contributed by atoms with Crippen LogP contribution in [-0.2, 0) is 0 Å². The highest BCUT2D eigenvalue weighted by Gasteiger charge is 2.04. The molecule has 1 aromatic carbocycles. The molecule has 0 aliphatic carbocycles. The number of thiophene rings is 1. The molecule has 0 aliphatic heterocycles. The summed E-state index contributed by atoms with van der Waals surface area (Å²) in [5.41, 5.74) is 2.31. The summed E-state index contributed by atoms with van der Waals surface area (Å²) < 4.78 is 0. The number of nitrogens with zero attached hydrogens (tertiary/aromatic N) is 1. The minimum atomic E-state index is 0. The predicted molar refractivity (Wildman–Crippen MR) is 72.3 cm³/mol. The van der Waals surface area contributed by atoms with Gasteiger partial charge in [-0.05, 0) is 17.5 Å². The molecule has 3 aromatic rings. The second-order valence-electron chi connectivity index (χ2n) is 3.36. The predicted octanol–water partition coefficient (Wildman–Crippen LogP) is 4.39. The van der Waals surface area contributed by atoms with Gasteiger partial charge in [-0.15, -0.1) is 23.7 Å². The van der Waals surface area contributed by atoms with E-state index in [1.807, 2.05) is 12.3 Å². The van der Waals surface area contributed by atoms with Gasteiger partial charge in [0.1, 0.15) is 0 Å². The molecule has 0 N–H and O–H groups in total. The van der Waals surface area contributed by atoms with Crippen molar-refractivity contribution in [2.24, 2.45) is 0 Å². The summed E-state index contributed by atoms with van der Waals surface area (Å²) in [6.45, 7) is 0. The molecule has 2 aromatic heterocycles. The summed E-state index contributed by atoms with van der Waals surface area (Å²) in [4.78, 5) is 5.72. The van der Waals surface area contributed by atoms with Crippen LogP contribution in [0.25, 0.3) is 21.3 Å². The van der Waals surface area contributed by atoms with E-state index in [0.29, 0.717) is 0 Å². The van der Waals surface area contributed by atoms with Gasteiger partial charge in [-0.2, -0.15) is 0 Å². The summed E-state index contributed by atoms with van der Waals surface area (Å²) in [5, 5.41) is 3.29. The van der Waals surface area contributed by atoms with Crippen LogP contribution in [0.1, 0.15) is 0 Å². The van der Waals surface area contributed by atoms with E-state index in [9.17, 15) is 0 Å². The maximum atomic E-state index is 4.44. The maximum absolute atomic E-state index is 4.44. The normalized spacial score (nSPS) is 10.0. The molecule has 0 saturated heterocycles. The summed E-state index contributed by atoms with van der Waals surface area (Å²) in [6, 6.07) is 14.6. The fraction of sp³-hybridized carbons (Fsp3) is 0. The Bertz CT molecular complexity index is 584. The van der Waals surface area contributed by atoms with Gasteiger partial charge in [-0.25, -0.2) is 0 Å². The largest absolute Gasteiger partial charge is 0.256 e. The summed E-state index contributed by atoms with van der Waals surface area (Å²) in [5.74, 6) is 0. The number of halogens is 1. The molecule has 0 unspecified atom stereocenters. The van der Waals surface area contributed by atoms with Crippen molar-refractivity contribution in [3.63, 3.8) is 0 Å². The van der Waals surface area contributed by atoms with Crippen molar-refractivity contribution < 1.29 is 0 Å². The number of para-hydroxylation sites is 1. The first-order valence-electron chi connectivity index (χ1n) is 4.83. The van der Waals surface area contributed by atoms with Crippen molar-refractivity contribution in [1.29, 1.82) is 0 Å².